The zero-order valence-corrected chi connectivity index (χ0v) is 21.0. The van der Waals surface area contributed by atoms with Crippen molar-refractivity contribution in [2.24, 2.45) is 18.0 Å². The molecule has 1 amide bonds. The third kappa shape index (κ3) is 6.83. The number of aryl methyl sites for hydroxylation is 1. The van der Waals surface area contributed by atoms with E-state index in [0.29, 0.717) is 25.0 Å². The number of carbonyl (C=O) groups excluding carboxylic acids is 1. The Morgan fingerprint density at radius 3 is 2.47 bits per heavy atom. The van der Waals surface area contributed by atoms with Gasteiger partial charge in [-0.05, 0) is 5.92 Å². The number of nitrogens with one attached hydrogen (secondary N) is 1. The lowest BCUT2D eigenvalue weighted by atomic mass is 10.0. The molecule has 1 N–H and O–H groups in total. The Balaban J connectivity index is 0.00000450. The highest BCUT2D eigenvalue weighted by Crippen LogP contribution is 2.16. The molecule has 9 heteroatoms. The summed E-state index contributed by atoms with van der Waals surface area (Å²) < 4.78 is 1.71. The summed E-state index contributed by atoms with van der Waals surface area (Å²) in [6, 6.07) is 0.301. The van der Waals surface area contributed by atoms with Gasteiger partial charge in [0.25, 0.3) is 0 Å². The molecule has 1 aromatic heterocycles. The number of aliphatic imine (C=N–C) groups is 1. The average molecular weight is 529 g/mol. The molecule has 0 aromatic carbocycles. The van der Waals surface area contributed by atoms with Crippen LogP contribution in [0.2, 0.25) is 0 Å². The second kappa shape index (κ2) is 12.7. The fourth-order valence-corrected chi connectivity index (χ4v) is 3.67. The quantitative estimate of drug-likeness (QED) is 0.229. The standard InChI is InChI=1S/C21H35N7O.HI/c1-7-9-26(10-8-2)19(17(3)4)14-23-21(22-5)27-11-12-28(20(29)16-27)18-13-24-25(6)15-18;/h7-8,13,15,17,19H,1-2,9-12,14,16H2,3-6H3,(H,22,23);1H. The first-order valence-electron chi connectivity index (χ1n) is 10.1. The number of anilines is 1. The Bertz CT molecular complexity index is 721. The second-order valence-electron chi connectivity index (χ2n) is 7.61. The van der Waals surface area contributed by atoms with E-state index in [4.69, 9.17) is 0 Å². The van der Waals surface area contributed by atoms with Gasteiger partial charge in [-0.15, -0.1) is 37.1 Å². The smallest absolute Gasteiger partial charge is 0.246 e. The van der Waals surface area contributed by atoms with E-state index >= 15 is 0 Å². The number of hydrogen-bond donors (Lipinski definition) is 1. The van der Waals surface area contributed by atoms with E-state index in [0.717, 1.165) is 37.8 Å². The number of rotatable bonds is 9. The molecule has 2 rings (SSSR count). The number of amides is 1. The lowest BCUT2D eigenvalue weighted by molar-refractivity contribution is -0.120. The van der Waals surface area contributed by atoms with Gasteiger partial charge < -0.3 is 15.1 Å². The van der Waals surface area contributed by atoms with Gasteiger partial charge in [-0.3, -0.25) is 19.4 Å². The molecule has 1 aromatic rings. The van der Waals surface area contributed by atoms with Gasteiger partial charge in [-0.1, -0.05) is 26.0 Å². The molecule has 0 spiro atoms. The van der Waals surface area contributed by atoms with E-state index in [-0.39, 0.29) is 29.9 Å². The number of carbonyl (C=O) groups is 1. The van der Waals surface area contributed by atoms with Gasteiger partial charge in [-0.25, -0.2) is 0 Å². The number of piperazine rings is 1. The Kier molecular flexibility index (Phi) is 11.1. The highest BCUT2D eigenvalue weighted by Gasteiger charge is 2.28. The van der Waals surface area contributed by atoms with Crippen molar-refractivity contribution in [1.82, 2.24) is 24.9 Å². The van der Waals surface area contributed by atoms with Gasteiger partial charge in [0.05, 0.1) is 11.9 Å². The van der Waals surface area contributed by atoms with Crippen LogP contribution in [0.3, 0.4) is 0 Å². The Morgan fingerprint density at radius 1 is 1.33 bits per heavy atom. The molecule has 0 bridgehead atoms. The molecular formula is C21H36IN7O. The summed E-state index contributed by atoms with van der Waals surface area (Å²) in [5.74, 6) is 1.25. The summed E-state index contributed by atoms with van der Waals surface area (Å²) >= 11 is 0. The van der Waals surface area contributed by atoms with Crippen molar-refractivity contribution in [2.75, 3.05) is 51.2 Å². The van der Waals surface area contributed by atoms with Crippen molar-refractivity contribution in [3.05, 3.63) is 37.7 Å². The minimum atomic E-state index is 0. The molecule has 168 valence electrons. The first kappa shape index (κ1) is 26.2. The van der Waals surface area contributed by atoms with Crippen LogP contribution in [0.4, 0.5) is 5.69 Å². The highest BCUT2D eigenvalue weighted by atomic mass is 127. The van der Waals surface area contributed by atoms with Crippen molar-refractivity contribution in [1.29, 1.82) is 0 Å². The predicted octanol–water partition coefficient (Wildman–Crippen LogP) is 1.96. The number of hydrogen-bond acceptors (Lipinski definition) is 4. The Morgan fingerprint density at radius 2 is 2.00 bits per heavy atom. The van der Waals surface area contributed by atoms with Gasteiger partial charge in [0.2, 0.25) is 5.91 Å². The van der Waals surface area contributed by atoms with Crippen molar-refractivity contribution in [3.8, 4) is 0 Å². The maximum absolute atomic E-state index is 12.7. The van der Waals surface area contributed by atoms with E-state index in [1.54, 1.807) is 22.8 Å². The maximum Gasteiger partial charge on any atom is 0.246 e. The minimum absolute atomic E-state index is 0. The molecule has 0 aliphatic carbocycles. The molecular weight excluding hydrogens is 493 g/mol. The molecule has 1 aliphatic heterocycles. The topological polar surface area (TPSA) is 69.0 Å². The molecule has 1 fully saturated rings. The monoisotopic (exact) mass is 529 g/mol. The van der Waals surface area contributed by atoms with Crippen LogP contribution in [0.5, 0.6) is 0 Å². The molecule has 1 saturated heterocycles. The third-order valence-electron chi connectivity index (χ3n) is 5.17. The van der Waals surface area contributed by atoms with E-state index in [2.05, 4.69) is 47.3 Å². The first-order chi connectivity index (χ1) is 13.9. The Hall–Kier alpha value is -1.88. The van der Waals surface area contributed by atoms with Crippen molar-refractivity contribution < 1.29 is 4.79 Å². The number of halogens is 1. The van der Waals surface area contributed by atoms with E-state index in [9.17, 15) is 4.79 Å². The van der Waals surface area contributed by atoms with Crippen molar-refractivity contribution >= 4 is 41.5 Å². The molecule has 1 unspecified atom stereocenters. The molecule has 30 heavy (non-hydrogen) atoms. The van der Waals surface area contributed by atoms with Gasteiger partial charge in [0, 0.05) is 59.1 Å². The van der Waals surface area contributed by atoms with Crippen LogP contribution in [-0.2, 0) is 11.8 Å². The summed E-state index contributed by atoms with van der Waals surface area (Å²) in [5.41, 5.74) is 0.837. The van der Waals surface area contributed by atoms with Crippen LogP contribution < -0.4 is 10.2 Å². The highest BCUT2D eigenvalue weighted by molar-refractivity contribution is 14.0. The molecule has 8 nitrogen and oxygen atoms in total. The SMILES string of the molecule is C=CCN(CC=C)C(CNC(=NC)N1CCN(c2cnn(C)c2)C(=O)C1)C(C)C.I. The van der Waals surface area contributed by atoms with Crippen LogP contribution in [0.1, 0.15) is 13.8 Å². The lowest BCUT2D eigenvalue weighted by Gasteiger charge is -2.37. The lowest BCUT2D eigenvalue weighted by Crippen LogP contribution is -2.57. The zero-order chi connectivity index (χ0) is 21.4. The summed E-state index contributed by atoms with van der Waals surface area (Å²) in [6.45, 7) is 16.1. The summed E-state index contributed by atoms with van der Waals surface area (Å²) in [6.07, 6.45) is 7.43. The average Bonchev–Trinajstić information content (AvgIpc) is 3.11. The summed E-state index contributed by atoms with van der Waals surface area (Å²) in [7, 11) is 3.61. The Labute approximate surface area is 197 Å². The van der Waals surface area contributed by atoms with Crippen LogP contribution in [0.25, 0.3) is 0 Å². The minimum Gasteiger partial charge on any atom is -0.355 e. The van der Waals surface area contributed by atoms with Gasteiger partial charge in [-0.2, -0.15) is 5.10 Å². The summed E-state index contributed by atoms with van der Waals surface area (Å²) in [4.78, 5) is 23.2. The third-order valence-corrected chi connectivity index (χ3v) is 5.17. The number of nitrogens with zero attached hydrogens (tertiary/aromatic N) is 6. The van der Waals surface area contributed by atoms with Crippen LogP contribution in [0.15, 0.2) is 42.7 Å². The van der Waals surface area contributed by atoms with Gasteiger partial charge >= 0.3 is 0 Å². The largest absolute Gasteiger partial charge is 0.355 e. The van der Waals surface area contributed by atoms with E-state index < -0.39 is 0 Å². The number of aromatic nitrogens is 2. The molecule has 0 radical (unpaired) electrons. The number of guanidine groups is 1. The molecule has 0 saturated carbocycles. The normalized spacial score (nSPS) is 15.9. The molecule has 1 aliphatic rings. The summed E-state index contributed by atoms with van der Waals surface area (Å²) in [5, 5.41) is 7.64. The first-order valence-corrected chi connectivity index (χ1v) is 10.1. The predicted molar refractivity (Wildman–Crippen MR) is 135 cm³/mol. The van der Waals surface area contributed by atoms with Crippen molar-refractivity contribution in [2.45, 2.75) is 19.9 Å². The van der Waals surface area contributed by atoms with Gasteiger partial charge in [0.1, 0.15) is 6.54 Å². The van der Waals surface area contributed by atoms with E-state index in [1.807, 2.05) is 30.3 Å². The fraction of sp³-hybridized carbons (Fsp3) is 0.571. The second-order valence-corrected chi connectivity index (χ2v) is 7.61. The molecule has 1 atom stereocenters. The fourth-order valence-electron chi connectivity index (χ4n) is 3.67. The zero-order valence-electron chi connectivity index (χ0n) is 18.6. The van der Waals surface area contributed by atoms with E-state index in [1.165, 1.54) is 0 Å². The van der Waals surface area contributed by atoms with Crippen LogP contribution in [-0.4, -0.2) is 83.8 Å². The van der Waals surface area contributed by atoms with Crippen LogP contribution in [0, 0.1) is 5.92 Å². The maximum atomic E-state index is 12.7. The van der Waals surface area contributed by atoms with Crippen LogP contribution >= 0.6 is 24.0 Å². The van der Waals surface area contributed by atoms with Gasteiger partial charge in [0.15, 0.2) is 5.96 Å². The van der Waals surface area contributed by atoms with Crippen molar-refractivity contribution in [3.63, 3.8) is 0 Å². The molecule has 2 heterocycles.